The van der Waals surface area contributed by atoms with E-state index in [1.165, 1.54) is 5.56 Å². The van der Waals surface area contributed by atoms with Crippen LogP contribution in [0.5, 0.6) is 5.75 Å². The lowest BCUT2D eigenvalue weighted by Gasteiger charge is -2.08. The SMILES string of the molecule is CCOc1ccc(-c2ccc(C)cc2)cc1C=O. The Hall–Kier alpha value is -2.09. The van der Waals surface area contributed by atoms with Gasteiger partial charge in [-0.2, -0.15) is 0 Å². The van der Waals surface area contributed by atoms with E-state index in [2.05, 4.69) is 31.2 Å². The van der Waals surface area contributed by atoms with Crippen molar-refractivity contribution in [1.29, 1.82) is 0 Å². The minimum absolute atomic E-state index is 0.560. The van der Waals surface area contributed by atoms with Crippen LogP contribution in [-0.2, 0) is 0 Å². The number of carbonyl (C=O) groups is 1. The first-order valence-corrected chi connectivity index (χ1v) is 6.03. The van der Waals surface area contributed by atoms with Crippen LogP contribution in [0.2, 0.25) is 0 Å². The van der Waals surface area contributed by atoms with Gasteiger partial charge in [-0.1, -0.05) is 35.9 Å². The highest BCUT2D eigenvalue weighted by atomic mass is 16.5. The van der Waals surface area contributed by atoms with E-state index in [0.29, 0.717) is 17.9 Å². The van der Waals surface area contributed by atoms with Gasteiger partial charge in [0.25, 0.3) is 0 Å². The predicted octanol–water partition coefficient (Wildman–Crippen LogP) is 3.87. The van der Waals surface area contributed by atoms with Gasteiger partial charge in [-0.15, -0.1) is 0 Å². The number of aryl methyl sites for hydroxylation is 1. The van der Waals surface area contributed by atoms with E-state index in [1.54, 1.807) is 0 Å². The summed E-state index contributed by atoms with van der Waals surface area (Å²) in [4.78, 5) is 11.1. The summed E-state index contributed by atoms with van der Waals surface area (Å²) in [5.41, 5.74) is 3.95. The number of hydrogen-bond acceptors (Lipinski definition) is 2. The number of rotatable bonds is 4. The van der Waals surface area contributed by atoms with Crippen molar-refractivity contribution in [2.45, 2.75) is 13.8 Å². The molecule has 2 heteroatoms. The van der Waals surface area contributed by atoms with Gasteiger partial charge in [0.1, 0.15) is 5.75 Å². The molecule has 0 spiro atoms. The molecular formula is C16H16O2. The monoisotopic (exact) mass is 240 g/mol. The third kappa shape index (κ3) is 2.59. The lowest BCUT2D eigenvalue weighted by atomic mass is 10.0. The molecule has 2 rings (SSSR count). The molecule has 0 heterocycles. The van der Waals surface area contributed by atoms with Crippen LogP contribution < -0.4 is 4.74 Å². The minimum Gasteiger partial charge on any atom is -0.493 e. The first kappa shape index (κ1) is 12.4. The quantitative estimate of drug-likeness (QED) is 0.758. The largest absolute Gasteiger partial charge is 0.493 e. The van der Waals surface area contributed by atoms with Gasteiger partial charge in [-0.25, -0.2) is 0 Å². The standard InChI is InChI=1S/C16H16O2/c1-3-18-16-9-8-14(10-15(16)11-17)13-6-4-12(2)5-7-13/h4-11H,3H2,1-2H3. The molecule has 0 atom stereocenters. The number of hydrogen-bond donors (Lipinski definition) is 0. The van der Waals surface area contributed by atoms with Crippen LogP contribution in [0.15, 0.2) is 42.5 Å². The maximum atomic E-state index is 11.1. The molecule has 0 fully saturated rings. The molecule has 0 saturated carbocycles. The zero-order chi connectivity index (χ0) is 13.0. The van der Waals surface area contributed by atoms with Gasteiger partial charge in [0, 0.05) is 0 Å². The molecular weight excluding hydrogens is 224 g/mol. The van der Waals surface area contributed by atoms with Crippen molar-refractivity contribution >= 4 is 6.29 Å². The molecule has 18 heavy (non-hydrogen) atoms. The van der Waals surface area contributed by atoms with Gasteiger partial charge in [0.15, 0.2) is 6.29 Å². The summed E-state index contributed by atoms with van der Waals surface area (Å²) in [7, 11) is 0. The third-order valence-corrected chi connectivity index (χ3v) is 2.82. The topological polar surface area (TPSA) is 26.3 Å². The highest BCUT2D eigenvalue weighted by Crippen LogP contribution is 2.26. The van der Waals surface area contributed by atoms with Gasteiger partial charge in [-0.3, -0.25) is 4.79 Å². The Morgan fingerprint density at radius 3 is 2.33 bits per heavy atom. The average Bonchev–Trinajstić information content (AvgIpc) is 2.40. The fourth-order valence-corrected chi connectivity index (χ4v) is 1.85. The summed E-state index contributed by atoms with van der Waals surface area (Å²) >= 11 is 0. The fraction of sp³-hybridized carbons (Fsp3) is 0.188. The van der Waals surface area contributed by atoms with E-state index >= 15 is 0 Å². The number of carbonyl (C=O) groups excluding carboxylic acids is 1. The van der Waals surface area contributed by atoms with Gasteiger partial charge in [0.2, 0.25) is 0 Å². The molecule has 0 aliphatic heterocycles. The molecule has 0 saturated heterocycles. The molecule has 2 nitrogen and oxygen atoms in total. The Bertz CT molecular complexity index is 542. The first-order valence-electron chi connectivity index (χ1n) is 6.03. The van der Waals surface area contributed by atoms with E-state index < -0.39 is 0 Å². The molecule has 2 aromatic rings. The van der Waals surface area contributed by atoms with Crippen molar-refractivity contribution in [2.75, 3.05) is 6.61 Å². The van der Waals surface area contributed by atoms with E-state index in [-0.39, 0.29) is 0 Å². The molecule has 0 radical (unpaired) electrons. The molecule has 0 aromatic heterocycles. The zero-order valence-corrected chi connectivity index (χ0v) is 10.6. The number of benzene rings is 2. The van der Waals surface area contributed by atoms with E-state index in [4.69, 9.17) is 4.74 Å². The average molecular weight is 240 g/mol. The number of ether oxygens (including phenoxy) is 1. The van der Waals surface area contributed by atoms with Crippen LogP contribution in [0.3, 0.4) is 0 Å². The van der Waals surface area contributed by atoms with Crippen LogP contribution in [0.25, 0.3) is 11.1 Å². The summed E-state index contributed by atoms with van der Waals surface area (Å²) in [6.07, 6.45) is 0.836. The van der Waals surface area contributed by atoms with Gasteiger partial charge < -0.3 is 4.74 Å². The Kier molecular flexibility index (Phi) is 3.78. The Balaban J connectivity index is 2.40. The zero-order valence-electron chi connectivity index (χ0n) is 10.6. The summed E-state index contributed by atoms with van der Waals surface area (Å²) in [5.74, 6) is 0.642. The van der Waals surface area contributed by atoms with Crippen molar-refractivity contribution in [3.8, 4) is 16.9 Å². The summed E-state index contributed by atoms with van der Waals surface area (Å²) in [6.45, 7) is 4.52. The van der Waals surface area contributed by atoms with E-state index in [0.717, 1.165) is 17.4 Å². The fourth-order valence-electron chi connectivity index (χ4n) is 1.85. The maximum absolute atomic E-state index is 11.1. The van der Waals surface area contributed by atoms with Gasteiger partial charge in [-0.05, 0) is 37.1 Å². The molecule has 0 amide bonds. The maximum Gasteiger partial charge on any atom is 0.153 e. The van der Waals surface area contributed by atoms with Crippen LogP contribution in [0.1, 0.15) is 22.8 Å². The first-order chi connectivity index (χ1) is 8.74. The molecule has 92 valence electrons. The van der Waals surface area contributed by atoms with Crippen molar-refractivity contribution in [3.05, 3.63) is 53.6 Å². The van der Waals surface area contributed by atoms with Gasteiger partial charge >= 0.3 is 0 Å². The van der Waals surface area contributed by atoms with E-state index in [1.807, 2.05) is 25.1 Å². The van der Waals surface area contributed by atoms with Gasteiger partial charge in [0.05, 0.1) is 12.2 Å². The minimum atomic E-state index is 0.560. The number of aldehydes is 1. The lowest BCUT2D eigenvalue weighted by molar-refractivity contribution is 0.112. The Labute approximate surface area is 107 Å². The second-order valence-electron chi connectivity index (χ2n) is 4.17. The van der Waals surface area contributed by atoms with Crippen LogP contribution in [-0.4, -0.2) is 12.9 Å². The molecule has 0 N–H and O–H groups in total. The highest BCUT2D eigenvalue weighted by Gasteiger charge is 2.05. The second-order valence-corrected chi connectivity index (χ2v) is 4.17. The lowest BCUT2D eigenvalue weighted by Crippen LogP contribution is -1.96. The van der Waals surface area contributed by atoms with Crippen molar-refractivity contribution in [3.63, 3.8) is 0 Å². The summed E-state index contributed by atoms with van der Waals surface area (Å²) < 4.78 is 5.41. The predicted molar refractivity (Wildman–Crippen MR) is 73.2 cm³/mol. The Morgan fingerprint density at radius 1 is 1.06 bits per heavy atom. The smallest absolute Gasteiger partial charge is 0.153 e. The normalized spacial score (nSPS) is 10.1. The van der Waals surface area contributed by atoms with Crippen LogP contribution >= 0.6 is 0 Å². The molecule has 0 aliphatic rings. The molecule has 2 aromatic carbocycles. The Morgan fingerprint density at radius 2 is 1.72 bits per heavy atom. The molecule has 0 aliphatic carbocycles. The van der Waals surface area contributed by atoms with E-state index in [9.17, 15) is 4.79 Å². The summed E-state index contributed by atoms with van der Waals surface area (Å²) in [5, 5.41) is 0. The van der Waals surface area contributed by atoms with Crippen molar-refractivity contribution in [1.82, 2.24) is 0 Å². The van der Waals surface area contributed by atoms with Crippen molar-refractivity contribution < 1.29 is 9.53 Å². The summed E-state index contributed by atoms with van der Waals surface area (Å²) in [6, 6.07) is 13.9. The third-order valence-electron chi connectivity index (χ3n) is 2.82. The van der Waals surface area contributed by atoms with Crippen LogP contribution in [0.4, 0.5) is 0 Å². The van der Waals surface area contributed by atoms with Crippen LogP contribution in [0, 0.1) is 6.92 Å². The van der Waals surface area contributed by atoms with Crippen molar-refractivity contribution in [2.24, 2.45) is 0 Å². The second kappa shape index (κ2) is 5.50. The molecule has 0 bridgehead atoms. The highest BCUT2D eigenvalue weighted by molar-refractivity contribution is 5.83. The molecule has 0 unspecified atom stereocenters.